The van der Waals surface area contributed by atoms with Crippen LogP contribution in [0, 0.1) is 4.77 Å². The summed E-state index contributed by atoms with van der Waals surface area (Å²) in [7, 11) is 1.49. The molecular weight excluding hydrogens is 380 g/mol. The Hall–Kier alpha value is -2.94. The highest BCUT2D eigenvalue weighted by atomic mass is 32.1. The Labute approximate surface area is 167 Å². The lowest BCUT2D eigenvalue weighted by Gasteiger charge is -2.14. The maximum atomic E-state index is 12.2. The van der Waals surface area contributed by atoms with Gasteiger partial charge in [0.1, 0.15) is 11.3 Å². The lowest BCUT2D eigenvalue weighted by molar-refractivity contribution is -0.121. The van der Waals surface area contributed by atoms with E-state index in [0.29, 0.717) is 17.9 Å². The molecule has 0 saturated heterocycles. The van der Waals surface area contributed by atoms with Gasteiger partial charge in [-0.2, -0.15) is 5.10 Å². The number of aromatic nitrogens is 2. The maximum Gasteiger partial charge on any atom is 0.264 e. The number of amides is 1. The van der Waals surface area contributed by atoms with E-state index in [4.69, 9.17) is 17.0 Å². The van der Waals surface area contributed by atoms with Crippen molar-refractivity contribution in [1.29, 1.82) is 0 Å². The third-order valence-corrected chi connectivity index (χ3v) is 4.37. The first-order valence-electron chi connectivity index (χ1n) is 9.03. The number of methoxy groups -OCH3 is 1. The van der Waals surface area contributed by atoms with Gasteiger partial charge in [-0.1, -0.05) is 38.3 Å². The van der Waals surface area contributed by atoms with Crippen molar-refractivity contribution in [2.24, 2.45) is 5.10 Å². The predicted molar refractivity (Wildman–Crippen MR) is 110 cm³/mol. The standard InChI is InChI=1S/C19H24N4O4S/c1-3-4-5-6-11-16(24)22-20-12-13-17(25)21-19(28)23(18(13)26)14-9-7-8-10-15(14)27-2/h7-10,12,26H,3-6,11H2,1-2H3,(H,22,24)(H,21,25,28)/b20-12-. The third kappa shape index (κ3) is 5.29. The average Bonchev–Trinajstić information content (AvgIpc) is 2.68. The van der Waals surface area contributed by atoms with E-state index in [0.717, 1.165) is 31.9 Å². The van der Waals surface area contributed by atoms with Crippen LogP contribution in [0.3, 0.4) is 0 Å². The molecule has 28 heavy (non-hydrogen) atoms. The van der Waals surface area contributed by atoms with Crippen LogP contribution in [0.25, 0.3) is 5.69 Å². The van der Waals surface area contributed by atoms with Crippen LogP contribution in [0.5, 0.6) is 11.6 Å². The normalized spacial score (nSPS) is 10.9. The topological polar surface area (TPSA) is 109 Å². The number of nitrogens with one attached hydrogen (secondary N) is 2. The molecule has 0 spiro atoms. The Morgan fingerprint density at radius 1 is 1.36 bits per heavy atom. The van der Waals surface area contributed by atoms with Gasteiger partial charge in [-0.25, -0.2) is 5.43 Å². The highest BCUT2D eigenvalue weighted by Crippen LogP contribution is 2.26. The van der Waals surface area contributed by atoms with Gasteiger partial charge in [0.05, 0.1) is 19.0 Å². The van der Waals surface area contributed by atoms with Gasteiger partial charge in [0, 0.05) is 6.42 Å². The minimum Gasteiger partial charge on any atom is -0.495 e. The summed E-state index contributed by atoms with van der Waals surface area (Å²) >= 11 is 5.18. The number of hydrazone groups is 1. The molecule has 0 aliphatic heterocycles. The molecule has 1 heterocycles. The van der Waals surface area contributed by atoms with Gasteiger partial charge in [-0.15, -0.1) is 0 Å². The monoisotopic (exact) mass is 404 g/mol. The number of hydrogen-bond donors (Lipinski definition) is 3. The molecule has 2 rings (SSSR count). The molecule has 0 radical (unpaired) electrons. The number of hydrogen-bond acceptors (Lipinski definition) is 6. The summed E-state index contributed by atoms with van der Waals surface area (Å²) in [5.41, 5.74) is 2.07. The zero-order chi connectivity index (χ0) is 20.5. The van der Waals surface area contributed by atoms with Gasteiger partial charge in [0.15, 0.2) is 4.77 Å². The van der Waals surface area contributed by atoms with Crippen molar-refractivity contribution in [2.75, 3.05) is 7.11 Å². The first-order chi connectivity index (χ1) is 13.5. The number of aromatic amines is 1. The molecular formula is C19H24N4O4S. The van der Waals surface area contributed by atoms with Gasteiger partial charge in [0.2, 0.25) is 11.8 Å². The first kappa shape index (κ1) is 21.4. The van der Waals surface area contributed by atoms with Gasteiger partial charge in [0.25, 0.3) is 5.56 Å². The Morgan fingerprint density at radius 3 is 2.82 bits per heavy atom. The maximum absolute atomic E-state index is 12.2. The molecule has 1 aromatic heterocycles. The SMILES string of the molecule is CCCCCCC(=O)N/N=C\c1c(O)n(-c2ccccc2OC)c(=S)[nH]c1=O. The van der Waals surface area contributed by atoms with Crippen molar-refractivity contribution in [2.45, 2.75) is 39.0 Å². The Balaban J connectivity index is 2.26. The van der Waals surface area contributed by atoms with Crippen molar-refractivity contribution >= 4 is 24.3 Å². The van der Waals surface area contributed by atoms with Gasteiger partial charge in [-0.3, -0.25) is 19.1 Å². The van der Waals surface area contributed by atoms with Crippen molar-refractivity contribution in [3.63, 3.8) is 0 Å². The fraction of sp³-hybridized carbons (Fsp3) is 0.368. The summed E-state index contributed by atoms with van der Waals surface area (Å²) in [5.74, 6) is -0.191. The molecule has 0 saturated carbocycles. The average molecular weight is 404 g/mol. The molecule has 3 N–H and O–H groups in total. The molecule has 0 bridgehead atoms. The van der Waals surface area contributed by atoms with E-state index in [1.807, 2.05) is 0 Å². The molecule has 150 valence electrons. The zero-order valence-corrected chi connectivity index (χ0v) is 16.7. The number of carbonyl (C=O) groups excluding carboxylic acids is 1. The number of para-hydroxylation sites is 2. The number of ether oxygens (including phenoxy) is 1. The molecule has 2 aromatic rings. The molecule has 9 heteroatoms. The fourth-order valence-corrected chi connectivity index (χ4v) is 2.91. The van der Waals surface area contributed by atoms with E-state index in [2.05, 4.69) is 22.4 Å². The summed E-state index contributed by atoms with van der Waals surface area (Å²) in [5, 5.41) is 14.4. The van der Waals surface area contributed by atoms with Crippen molar-refractivity contribution < 1.29 is 14.6 Å². The van der Waals surface area contributed by atoms with E-state index < -0.39 is 11.4 Å². The second-order valence-corrected chi connectivity index (χ2v) is 6.49. The summed E-state index contributed by atoms with van der Waals surface area (Å²) in [6.45, 7) is 2.10. The minimum atomic E-state index is -0.616. The number of H-pyrrole nitrogens is 1. The van der Waals surface area contributed by atoms with E-state index in [9.17, 15) is 14.7 Å². The summed E-state index contributed by atoms with van der Waals surface area (Å²) in [4.78, 5) is 26.5. The van der Waals surface area contributed by atoms with Crippen molar-refractivity contribution in [3.05, 3.63) is 45.0 Å². The largest absolute Gasteiger partial charge is 0.495 e. The van der Waals surface area contributed by atoms with Crippen molar-refractivity contribution in [1.82, 2.24) is 15.0 Å². The second kappa shape index (κ2) is 10.4. The Morgan fingerprint density at radius 2 is 2.11 bits per heavy atom. The molecule has 0 aliphatic carbocycles. The van der Waals surface area contributed by atoms with E-state index in [-0.39, 0.29) is 16.2 Å². The highest BCUT2D eigenvalue weighted by Gasteiger charge is 2.15. The number of rotatable bonds is 9. The van der Waals surface area contributed by atoms with E-state index in [1.165, 1.54) is 11.7 Å². The summed E-state index contributed by atoms with van der Waals surface area (Å²) < 4.78 is 6.56. The molecule has 1 amide bonds. The Kier molecular flexibility index (Phi) is 7.94. The second-order valence-electron chi connectivity index (χ2n) is 6.11. The molecule has 0 fully saturated rings. The van der Waals surface area contributed by atoms with Crippen LogP contribution in [-0.2, 0) is 4.79 Å². The molecule has 0 unspecified atom stereocenters. The number of nitrogens with zero attached hydrogens (tertiary/aromatic N) is 2. The van der Waals surface area contributed by atoms with Crippen LogP contribution < -0.4 is 15.7 Å². The first-order valence-corrected chi connectivity index (χ1v) is 9.44. The molecule has 0 atom stereocenters. The number of carbonyl (C=O) groups is 1. The number of aromatic hydroxyl groups is 1. The van der Waals surface area contributed by atoms with Crippen LogP contribution in [0.4, 0.5) is 0 Å². The predicted octanol–water partition coefficient (Wildman–Crippen LogP) is 3.03. The number of benzene rings is 1. The van der Waals surface area contributed by atoms with E-state index >= 15 is 0 Å². The number of unbranched alkanes of at least 4 members (excludes halogenated alkanes) is 3. The van der Waals surface area contributed by atoms with Gasteiger partial charge in [-0.05, 0) is 30.8 Å². The lowest BCUT2D eigenvalue weighted by atomic mass is 10.1. The Bertz CT molecular complexity index is 965. The summed E-state index contributed by atoms with van der Waals surface area (Å²) in [6, 6.07) is 6.91. The third-order valence-electron chi connectivity index (χ3n) is 4.09. The van der Waals surface area contributed by atoms with Crippen LogP contribution in [0.2, 0.25) is 0 Å². The zero-order valence-electron chi connectivity index (χ0n) is 15.9. The molecule has 0 aliphatic rings. The van der Waals surface area contributed by atoms with Gasteiger partial charge < -0.3 is 9.84 Å². The fourth-order valence-electron chi connectivity index (χ4n) is 2.63. The molecule has 8 nitrogen and oxygen atoms in total. The van der Waals surface area contributed by atoms with Crippen LogP contribution in [0.1, 0.15) is 44.6 Å². The van der Waals surface area contributed by atoms with Crippen molar-refractivity contribution in [3.8, 4) is 17.3 Å². The minimum absolute atomic E-state index is 0.00381. The highest BCUT2D eigenvalue weighted by molar-refractivity contribution is 7.71. The summed E-state index contributed by atoms with van der Waals surface area (Å²) in [6.07, 6.45) is 5.38. The lowest BCUT2D eigenvalue weighted by Crippen LogP contribution is -2.21. The van der Waals surface area contributed by atoms with Crippen LogP contribution in [-0.4, -0.2) is 33.9 Å². The van der Waals surface area contributed by atoms with Gasteiger partial charge >= 0.3 is 0 Å². The van der Waals surface area contributed by atoms with Crippen LogP contribution in [0.15, 0.2) is 34.2 Å². The van der Waals surface area contributed by atoms with E-state index in [1.54, 1.807) is 24.3 Å². The molecule has 1 aromatic carbocycles. The quantitative estimate of drug-likeness (QED) is 0.258. The smallest absolute Gasteiger partial charge is 0.264 e. The van der Waals surface area contributed by atoms with Crippen LogP contribution >= 0.6 is 12.2 Å².